The Morgan fingerprint density at radius 1 is 1.50 bits per heavy atom. The fourth-order valence-corrected chi connectivity index (χ4v) is 1.79. The van der Waals surface area contributed by atoms with E-state index in [0.717, 1.165) is 12.1 Å². The third kappa shape index (κ3) is 3.17. The van der Waals surface area contributed by atoms with E-state index >= 15 is 0 Å². The van der Waals surface area contributed by atoms with Gasteiger partial charge in [-0.05, 0) is 6.07 Å². The molecule has 7 nitrogen and oxygen atoms in total. The topological polar surface area (TPSA) is 107 Å². The molecular formula is C8H9NO6S. The normalized spacial score (nSPS) is 11.1. The van der Waals surface area contributed by atoms with Gasteiger partial charge in [-0.25, -0.2) is 0 Å². The number of hydrogen-bond acceptors (Lipinski definition) is 5. The van der Waals surface area contributed by atoms with Gasteiger partial charge in [-0.1, -0.05) is 0 Å². The van der Waals surface area contributed by atoms with Crippen LogP contribution in [0.3, 0.4) is 0 Å². The molecule has 0 spiro atoms. The van der Waals surface area contributed by atoms with Crippen LogP contribution in [0.5, 0.6) is 5.75 Å². The van der Waals surface area contributed by atoms with Crippen LogP contribution in [0.1, 0.15) is 5.56 Å². The highest BCUT2D eigenvalue weighted by Crippen LogP contribution is 2.25. The van der Waals surface area contributed by atoms with Gasteiger partial charge in [0, 0.05) is 11.6 Å². The number of nitro benzene ring substituents is 1. The summed E-state index contributed by atoms with van der Waals surface area (Å²) < 4.78 is 34.8. The zero-order valence-electron chi connectivity index (χ0n) is 8.28. The average molecular weight is 247 g/mol. The van der Waals surface area contributed by atoms with E-state index < -0.39 is 20.8 Å². The van der Waals surface area contributed by atoms with Crippen LogP contribution in [-0.4, -0.2) is 25.0 Å². The highest BCUT2D eigenvalue weighted by Gasteiger charge is 2.15. The first-order chi connectivity index (χ1) is 7.33. The minimum atomic E-state index is -4.19. The number of rotatable bonds is 4. The second-order valence-electron chi connectivity index (χ2n) is 2.98. The molecular weight excluding hydrogens is 238 g/mol. The first-order valence-corrected chi connectivity index (χ1v) is 5.71. The van der Waals surface area contributed by atoms with E-state index in [1.54, 1.807) is 0 Å². The lowest BCUT2D eigenvalue weighted by Crippen LogP contribution is -2.03. The van der Waals surface area contributed by atoms with E-state index in [1.165, 1.54) is 13.2 Å². The summed E-state index contributed by atoms with van der Waals surface area (Å²) in [6, 6.07) is 3.47. The Kier molecular flexibility index (Phi) is 3.45. The summed E-state index contributed by atoms with van der Waals surface area (Å²) in [6.45, 7) is 0. The zero-order valence-corrected chi connectivity index (χ0v) is 9.10. The van der Waals surface area contributed by atoms with Gasteiger partial charge in [0.05, 0.1) is 18.1 Å². The molecule has 0 amide bonds. The van der Waals surface area contributed by atoms with Crippen LogP contribution >= 0.6 is 0 Å². The van der Waals surface area contributed by atoms with Gasteiger partial charge >= 0.3 is 0 Å². The van der Waals surface area contributed by atoms with Crippen molar-refractivity contribution in [3.05, 3.63) is 33.9 Å². The number of nitrogens with zero attached hydrogens (tertiary/aromatic N) is 1. The van der Waals surface area contributed by atoms with E-state index in [0.29, 0.717) is 0 Å². The predicted molar refractivity (Wildman–Crippen MR) is 54.9 cm³/mol. The molecule has 0 aliphatic heterocycles. The van der Waals surface area contributed by atoms with E-state index in [-0.39, 0.29) is 17.0 Å². The Balaban J connectivity index is 3.17. The van der Waals surface area contributed by atoms with Crippen molar-refractivity contribution in [3.8, 4) is 5.75 Å². The highest BCUT2D eigenvalue weighted by molar-refractivity contribution is 7.85. The lowest BCUT2D eigenvalue weighted by Gasteiger charge is -2.06. The molecule has 0 saturated heterocycles. The quantitative estimate of drug-likeness (QED) is 0.483. The SMILES string of the molecule is COc1cc([N+](=O)[O-])ccc1CS(=O)(=O)O. The van der Waals surface area contributed by atoms with Crippen LogP contribution < -0.4 is 4.74 Å². The molecule has 8 heteroatoms. The summed E-state index contributed by atoms with van der Waals surface area (Å²) in [7, 11) is -2.94. The molecule has 0 radical (unpaired) electrons. The lowest BCUT2D eigenvalue weighted by atomic mass is 10.2. The van der Waals surface area contributed by atoms with Gasteiger partial charge in [-0.2, -0.15) is 8.42 Å². The summed E-state index contributed by atoms with van der Waals surface area (Å²) in [5.74, 6) is -0.597. The molecule has 0 aliphatic carbocycles. The average Bonchev–Trinajstić information content (AvgIpc) is 2.15. The number of methoxy groups -OCH3 is 1. The summed E-state index contributed by atoms with van der Waals surface area (Å²) in [5.41, 5.74) is -0.0495. The van der Waals surface area contributed by atoms with Gasteiger partial charge in [0.15, 0.2) is 0 Å². The van der Waals surface area contributed by atoms with Crippen molar-refractivity contribution in [3.63, 3.8) is 0 Å². The lowest BCUT2D eigenvalue weighted by molar-refractivity contribution is -0.384. The van der Waals surface area contributed by atoms with Crippen LogP contribution in [0.25, 0.3) is 0 Å². The summed E-state index contributed by atoms with van der Waals surface area (Å²) in [4.78, 5) is 9.82. The maximum atomic E-state index is 10.7. The van der Waals surface area contributed by atoms with Crippen LogP contribution in [0, 0.1) is 10.1 Å². The minimum Gasteiger partial charge on any atom is -0.496 e. The molecule has 0 heterocycles. The van der Waals surface area contributed by atoms with Crippen molar-refractivity contribution in [1.29, 1.82) is 0 Å². The van der Waals surface area contributed by atoms with Crippen molar-refractivity contribution in [1.82, 2.24) is 0 Å². The number of benzene rings is 1. The fraction of sp³-hybridized carbons (Fsp3) is 0.250. The Hall–Kier alpha value is -1.67. The molecule has 1 N–H and O–H groups in total. The number of nitro groups is 1. The molecule has 16 heavy (non-hydrogen) atoms. The number of hydrogen-bond donors (Lipinski definition) is 1. The molecule has 0 fully saturated rings. The van der Waals surface area contributed by atoms with Crippen LogP contribution in [0.2, 0.25) is 0 Å². The molecule has 0 unspecified atom stereocenters. The monoisotopic (exact) mass is 247 g/mol. The predicted octanol–water partition coefficient (Wildman–Crippen LogP) is 0.991. The van der Waals surface area contributed by atoms with Crippen LogP contribution in [0.4, 0.5) is 5.69 Å². The molecule has 1 aromatic rings. The molecule has 0 bridgehead atoms. The van der Waals surface area contributed by atoms with Gasteiger partial charge in [0.25, 0.3) is 15.8 Å². The van der Waals surface area contributed by atoms with Crippen molar-refractivity contribution in [2.75, 3.05) is 7.11 Å². The van der Waals surface area contributed by atoms with E-state index in [2.05, 4.69) is 0 Å². The van der Waals surface area contributed by atoms with Gasteiger partial charge in [0.1, 0.15) is 11.5 Å². The Morgan fingerprint density at radius 3 is 2.56 bits per heavy atom. The van der Waals surface area contributed by atoms with Gasteiger partial charge < -0.3 is 4.74 Å². The second-order valence-corrected chi connectivity index (χ2v) is 4.43. The molecule has 0 aromatic heterocycles. The fourth-order valence-electron chi connectivity index (χ4n) is 1.16. The Morgan fingerprint density at radius 2 is 2.12 bits per heavy atom. The summed E-state index contributed by atoms with van der Waals surface area (Å²) >= 11 is 0. The Bertz CT molecular complexity index is 509. The first-order valence-electron chi connectivity index (χ1n) is 4.10. The van der Waals surface area contributed by atoms with Crippen molar-refractivity contribution < 1.29 is 22.6 Å². The third-order valence-electron chi connectivity index (χ3n) is 1.82. The largest absolute Gasteiger partial charge is 0.496 e. The second kappa shape index (κ2) is 4.45. The van der Waals surface area contributed by atoms with E-state index in [1.807, 2.05) is 0 Å². The molecule has 1 aromatic carbocycles. The third-order valence-corrected chi connectivity index (χ3v) is 2.50. The first kappa shape index (κ1) is 12.4. The van der Waals surface area contributed by atoms with Crippen molar-refractivity contribution in [2.45, 2.75) is 5.75 Å². The van der Waals surface area contributed by atoms with Gasteiger partial charge in [-0.15, -0.1) is 0 Å². The standard InChI is InChI=1S/C8H9NO6S/c1-15-8-4-7(9(10)11)3-2-6(8)5-16(12,13)14/h2-4H,5H2,1H3,(H,12,13,14). The molecule has 1 rings (SSSR count). The van der Waals surface area contributed by atoms with Gasteiger partial charge in [-0.3, -0.25) is 14.7 Å². The molecule has 0 aliphatic rings. The van der Waals surface area contributed by atoms with E-state index in [9.17, 15) is 18.5 Å². The van der Waals surface area contributed by atoms with Crippen molar-refractivity contribution in [2.24, 2.45) is 0 Å². The zero-order chi connectivity index (χ0) is 12.3. The van der Waals surface area contributed by atoms with E-state index in [4.69, 9.17) is 9.29 Å². The number of non-ortho nitro benzene ring substituents is 1. The molecule has 88 valence electrons. The summed E-state index contributed by atoms with van der Waals surface area (Å²) in [5, 5.41) is 10.4. The van der Waals surface area contributed by atoms with Crippen LogP contribution in [-0.2, 0) is 15.9 Å². The van der Waals surface area contributed by atoms with Crippen LogP contribution in [0.15, 0.2) is 18.2 Å². The van der Waals surface area contributed by atoms with Crippen molar-refractivity contribution >= 4 is 15.8 Å². The van der Waals surface area contributed by atoms with Gasteiger partial charge in [0.2, 0.25) is 0 Å². The maximum absolute atomic E-state index is 10.7. The Labute approximate surface area is 91.6 Å². The smallest absolute Gasteiger partial charge is 0.273 e. The minimum absolute atomic E-state index is 0.0480. The maximum Gasteiger partial charge on any atom is 0.273 e. The number of ether oxygens (including phenoxy) is 1. The summed E-state index contributed by atoms with van der Waals surface area (Å²) in [6.07, 6.45) is 0. The highest BCUT2D eigenvalue weighted by atomic mass is 32.2. The molecule has 0 saturated carbocycles. The molecule has 0 atom stereocenters.